The van der Waals surface area contributed by atoms with E-state index in [9.17, 15) is 4.79 Å². The van der Waals surface area contributed by atoms with Crippen molar-refractivity contribution in [3.8, 4) is 5.75 Å². The Morgan fingerprint density at radius 3 is 2.24 bits per heavy atom. The highest BCUT2D eigenvalue weighted by molar-refractivity contribution is 5.93. The molecule has 3 aromatic rings. The van der Waals surface area contributed by atoms with Crippen LogP contribution in [0.2, 0.25) is 0 Å². The van der Waals surface area contributed by atoms with Crippen molar-refractivity contribution in [1.82, 2.24) is 24.8 Å². The number of nitrogens with one attached hydrogen (secondary N) is 1. The van der Waals surface area contributed by atoms with Crippen molar-refractivity contribution in [2.45, 2.75) is 0 Å². The SMILES string of the molecule is COc1ccc(Nc2ncc(C(=O)N3CCN(c4ncccn4)CC3)cn2)cc1. The summed E-state index contributed by atoms with van der Waals surface area (Å²) in [5.74, 6) is 1.82. The normalized spacial score (nSPS) is 13.8. The average molecular weight is 391 g/mol. The highest BCUT2D eigenvalue weighted by Gasteiger charge is 2.23. The maximum Gasteiger partial charge on any atom is 0.257 e. The molecule has 1 saturated heterocycles. The number of aromatic nitrogens is 4. The molecule has 1 aliphatic heterocycles. The Bertz CT molecular complexity index is 941. The maximum atomic E-state index is 12.7. The number of methoxy groups -OCH3 is 1. The van der Waals surface area contributed by atoms with Crippen molar-refractivity contribution < 1.29 is 9.53 Å². The molecule has 9 heteroatoms. The van der Waals surface area contributed by atoms with Crippen molar-refractivity contribution >= 4 is 23.5 Å². The van der Waals surface area contributed by atoms with Crippen molar-refractivity contribution in [2.75, 3.05) is 43.5 Å². The number of hydrogen-bond acceptors (Lipinski definition) is 8. The molecule has 4 rings (SSSR count). The Labute approximate surface area is 168 Å². The molecule has 0 spiro atoms. The zero-order valence-electron chi connectivity index (χ0n) is 16.0. The molecule has 0 aliphatic carbocycles. The van der Waals surface area contributed by atoms with Crippen LogP contribution < -0.4 is 15.0 Å². The second-order valence-electron chi connectivity index (χ2n) is 6.48. The molecule has 0 radical (unpaired) electrons. The summed E-state index contributed by atoms with van der Waals surface area (Å²) in [5, 5.41) is 3.10. The highest BCUT2D eigenvalue weighted by atomic mass is 16.5. The second-order valence-corrected chi connectivity index (χ2v) is 6.48. The first-order chi connectivity index (χ1) is 14.2. The number of carbonyl (C=O) groups is 1. The number of piperazine rings is 1. The van der Waals surface area contributed by atoms with Crippen LogP contribution in [0.15, 0.2) is 55.1 Å². The van der Waals surface area contributed by atoms with E-state index in [4.69, 9.17) is 4.74 Å². The van der Waals surface area contributed by atoms with Gasteiger partial charge in [-0.1, -0.05) is 0 Å². The molecule has 0 unspecified atom stereocenters. The lowest BCUT2D eigenvalue weighted by molar-refractivity contribution is 0.0745. The molecule has 1 amide bonds. The number of ether oxygens (including phenoxy) is 1. The molecular weight excluding hydrogens is 370 g/mol. The highest BCUT2D eigenvalue weighted by Crippen LogP contribution is 2.18. The Morgan fingerprint density at radius 2 is 1.62 bits per heavy atom. The van der Waals surface area contributed by atoms with Gasteiger partial charge < -0.3 is 19.9 Å². The predicted molar refractivity (Wildman–Crippen MR) is 108 cm³/mol. The summed E-state index contributed by atoms with van der Waals surface area (Å²) in [6.07, 6.45) is 6.54. The van der Waals surface area contributed by atoms with Gasteiger partial charge in [-0.2, -0.15) is 0 Å². The predicted octanol–water partition coefficient (Wildman–Crippen LogP) is 1.98. The molecule has 9 nitrogen and oxygen atoms in total. The third-order valence-electron chi connectivity index (χ3n) is 4.65. The Hall–Kier alpha value is -3.75. The zero-order valence-corrected chi connectivity index (χ0v) is 16.0. The Balaban J connectivity index is 1.34. The molecule has 148 valence electrons. The summed E-state index contributed by atoms with van der Waals surface area (Å²) < 4.78 is 5.14. The Kier molecular flexibility index (Phi) is 5.46. The van der Waals surface area contributed by atoms with E-state index < -0.39 is 0 Å². The summed E-state index contributed by atoms with van der Waals surface area (Å²) in [5.41, 5.74) is 1.30. The molecule has 0 bridgehead atoms. The third kappa shape index (κ3) is 4.40. The van der Waals surface area contributed by atoms with Gasteiger partial charge in [0.15, 0.2) is 0 Å². The fourth-order valence-electron chi connectivity index (χ4n) is 3.05. The third-order valence-corrected chi connectivity index (χ3v) is 4.65. The van der Waals surface area contributed by atoms with Crippen LogP contribution in [0, 0.1) is 0 Å². The van der Waals surface area contributed by atoms with Crippen molar-refractivity contribution in [2.24, 2.45) is 0 Å². The fourth-order valence-corrected chi connectivity index (χ4v) is 3.05. The van der Waals surface area contributed by atoms with E-state index in [2.05, 4.69) is 30.2 Å². The summed E-state index contributed by atoms with van der Waals surface area (Å²) >= 11 is 0. The van der Waals surface area contributed by atoms with Gasteiger partial charge in [0, 0.05) is 56.7 Å². The smallest absolute Gasteiger partial charge is 0.257 e. The van der Waals surface area contributed by atoms with Crippen LogP contribution in [-0.2, 0) is 0 Å². The summed E-state index contributed by atoms with van der Waals surface area (Å²) in [6, 6.07) is 9.23. The average Bonchev–Trinajstić information content (AvgIpc) is 2.80. The fraction of sp³-hybridized carbons (Fsp3) is 0.250. The monoisotopic (exact) mass is 391 g/mol. The van der Waals surface area contributed by atoms with E-state index in [1.165, 1.54) is 0 Å². The van der Waals surface area contributed by atoms with Crippen LogP contribution in [0.5, 0.6) is 5.75 Å². The molecule has 29 heavy (non-hydrogen) atoms. The molecule has 1 aliphatic rings. The molecular formula is C20H21N7O2. The molecule has 3 heterocycles. The molecule has 0 saturated carbocycles. The van der Waals surface area contributed by atoms with Gasteiger partial charge in [-0.15, -0.1) is 0 Å². The standard InChI is InChI=1S/C20H21N7O2/c1-29-17-5-3-16(4-6-17)25-19-23-13-15(14-24-19)18(28)26-9-11-27(12-10-26)20-21-7-2-8-22-20/h2-8,13-14H,9-12H2,1H3,(H,23,24,25). The van der Waals surface area contributed by atoms with Crippen LogP contribution in [-0.4, -0.2) is 64.0 Å². The number of hydrogen-bond donors (Lipinski definition) is 1. The second kappa shape index (κ2) is 8.51. The van der Waals surface area contributed by atoms with Gasteiger partial charge in [-0.05, 0) is 30.3 Å². The minimum Gasteiger partial charge on any atom is -0.497 e. The van der Waals surface area contributed by atoms with Crippen LogP contribution in [0.4, 0.5) is 17.6 Å². The first kappa shape index (κ1) is 18.6. The lowest BCUT2D eigenvalue weighted by Gasteiger charge is -2.34. The summed E-state index contributed by atoms with van der Waals surface area (Å²) in [6.45, 7) is 2.58. The summed E-state index contributed by atoms with van der Waals surface area (Å²) in [4.78, 5) is 33.7. The number of carbonyl (C=O) groups excluding carboxylic acids is 1. The van der Waals surface area contributed by atoms with Crippen molar-refractivity contribution in [3.63, 3.8) is 0 Å². The minimum absolute atomic E-state index is 0.0744. The topological polar surface area (TPSA) is 96.4 Å². The molecule has 1 aromatic carbocycles. The van der Waals surface area contributed by atoms with E-state index in [1.807, 2.05) is 24.3 Å². The van der Waals surface area contributed by atoms with Crippen LogP contribution in [0.1, 0.15) is 10.4 Å². The lowest BCUT2D eigenvalue weighted by Crippen LogP contribution is -2.49. The van der Waals surface area contributed by atoms with Gasteiger partial charge >= 0.3 is 0 Å². The summed E-state index contributed by atoms with van der Waals surface area (Å²) in [7, 11) is 1.62. The number of rotatable bonds is 5. The van der Waals surface area contributed by atoms with E-state index in [-0.39, 0.29) is 5.91 Å². The van der Waals surface area contributed by atoms with Crippen LogP contribution >= 0.6 is 0 Å². The molecule has 2 aromatic heterocycles. The maximum absolute atomic E-state index is 12.7. The molecule has 0 atom stereocenters. The van der Waals surface area contributed by atoms with Gasteiger partial charge in [0.1, 0.15) is 5.75 Å². The number of anilines is 3. The molecule has 1 N–H and O–H groups in total. The number of benzene rings is 1. The zero-order chi connectivity index (χ0) is 20.1. The van der Waals surface area contributed by atoms with Crippen LogP contribution in [0.3, 0.4) is 0 Å². The van der Waals surface area contributed by atoms with Crippen molar-refractivity contribution in [1.29, 1.82) is 0 Å². The van der Waals surface area contributed by atoms with Gasteiger partial charge in [-0.25, -0.2) is 19.9 Å². The van der Waals surface area contributed by atoms with Gasteiger partial charge in [-0.3, -0.25) is 4.79 Å². The van der Waals surface area contributed by atoms with Crippen LogP contribution in [0.25, 0.3) is 0 Å². The van der Waals surface area contributed by atoms with Crippen molar-refractivity contribution in [3.05, 3.63) is 60.7 Å². The van der Waals surface area contributed by atoms with E-state index >= 15 is 0 Å². The van der Waals surface area contributed by atoms with E-state index in [0.717, 1.165) is 11.4 Å². The first-order valence-electron chi connectivity index (χ1n) is 9.27. The minimum atomic E-state index is -0.0744. The Morgan fingerprint density at radius 1 is 0.966 bits per heavy atom. The lowest BCUT2D eigenvalue weighted by atomic mass is 10.2. The van der Waals surface area contributed by atoms with E-state index in [1.54, 1.807) is 42.9 Å². The van der Waals surface area contributed by atoms with E-state index in [0.29, 0.717) is 43.6 Å². The number of amides is 1. The number of nitrogens with zero attached hydrogens (tertiary/aromatic N) is 6. The van der Waals surface area contributed by atoms with Gasteiger partial charge in [0.2, 0.25) is 11.9 Å². The van der Waals surface area contributed by atoms with Gasteiger partial charge in [0.05, 0.1) is 12.7 Å². The first-order valence-corrected chi connectivity index (χ1v) is 9.27. The quantitative estimate of drug-likeness (QED) is 0.705. The largest absolute Gasteiger partial charge is 0.497 e. The molecule has 1 fully saturated rings. The van der Waals surface area contributed by atoms with Gasteiger partial charge in [0.25, 0.3) is 5.91 Å².